The Kier molecular flexibility index (Phi) is 4.25. The highest BCUT2D eigenvalue weighted by Crippen LogP contribution is 2.29. The van der Waals surface area contributed by atoms with Gasteiger partial charge in [0.2, 0.25) is 0 Å². The van der Waals surface area contributed by atoms with E-state index in [9.17, 15) is 9.90 Å². The number of rotatable bonds is 5. The third-order valence-electron chi connectivity index (χ3n) is 3.40. The van der Waals surface area contributed by atoms with E-state index >= 15 is 0 Å². The fraction of sp³-hybridized carbons (Fsp3) is 0.429. The zero-order chi connectivity index (χ0) is 14.9. The minimum Gasteiger partial charge on any atom is -0.480 e. The maximum Gasteiger partial charge on any atom is 0.325 e. The Labute approximate surface area is 121 Å². The standard InChI is InChI=1S/C14H18N2O3S/c1-8-5-6-20-11(8)7-16(4)13(14(17)18)12-9(2)15-19-10(12)3/h5-6,13H,7H2,1-4H3,(H,17,18)/t13-/m0/s1. The second-order valence-corrected chi connectivity index (χ2v) is 5.92. The molecule has 2 aromatic rings. The molecule has 1 N–H and O–H groups in total. The molecular weight excluding hydrogens is 276 g/mol. The van der Waals surface area contributed by atoms with Gasteiger partial charge >= 0.3 is 5.97 Å². The molecule has 2 heterocycles. The van der Waals surface area contributed by atoms with Crippen LogP contribution in [0.3, 0.4) is 0 Å². The van der Waals surface area contributed by atoms with Crippen LogP contribution in [0.5, 0.6) is 0 Å². The van der Waals surface area contributed by atoms with Crippen molar-refractivity contribution in [2.24, 2.45) is 0 Å². The van der Waals surface area contributed by atoms with Gasteiger partial charge < -0.3 is 9.63 Å². The molecule has 2 aromatic heterocycles. The van der Waals surface area contributed by atoms with Gasteiger partial charge in [-0.25, -0.2) is 0 Å². The highest BCUT2D eigenvalue weighted by molar-refractivity contribution is 7.10. The third kappa shape index (κ3) is 2.76. The number of aryl methyl sites for hydroxylation is 3. The molecule has 0 bridgehead atoms. The van der Waals surface area contributed by atoms with Crippen LogP contribution in [0, 0.1) is 20.8 Å². The molecule has 0 aliphatic rings. The summed E-state index contributed by atoms with van der Waals surface area (Å²) in [6, 6.07) is 1.29. The second-order valence-electron chi connectivity index (χ2n) is 4.92. The molecule has 0 unspecified atom stereocenters. The predicted molar refractivity (Wildman–Crippen MR) is 76.9 cm³/mol. The van der Waals surface area contributed by atoms with Crippen molar-refractivity contribution < 1.29 is 14.4 Å². The molecule has 5 nitrogen and oxygen atoms in total. The van der Waals surface area contributed by atoms with Crippen molar-refractivity contribution >= 4 is 17.3 Å². The van der Waals surface area contributed by atoms with Crippen molar-refractivity contribution in [1.29, 1.82) is 0 Å². The van der Waals surface area contributed by atoms with E-state index in [-0.39, 0.29) is 0 Å². The molecule has 0 aliphatic heterocycles. The van der Waals surface area contributed by atoms with Crippen LogP contribution in [0.2, 0.25) is 0 Å². The van der Waals surface area contributed by atoms with Crippen LogP contribution >= 0.6 is 11.3 Å². The molecule has 2 rings (SSSR count). The van der Waals surface area contributed by atoms with Crippen LogP contribution in [-0.4, -0.2) is 28.2 Å². The van der Waals surface area contributed by atoms with E-state index < -0.39 is 12.0 Å². The summed E-state index contributed by atoms with van der Waals surface area (Å²) in [5.74, 6) is -0.333. The molecule has 0 saturated heterocycles. The average molecular weight is 294 g/mol. The number of hydrogen-bond donors (Lipinski definition) is 1. The molecule has 0 saturated carbocycles. The zero-order valence-corrected chi connectivity index (χ0v) is 12.8. The minimum atomic E-state index is -0.892. The van der Waals surface area contributed by atoms with E-state index in [4.69, 9.17) is 4.52 Å². The van der Waals surface area contributed by atoms with Crippen molar-refractivity contribution in [2.45, 2.75) is 33.4 Å². The number of carbonyl (C=O) groups is 1. The van der Waals surface area contributed by atoms with Gasteiger partial charge in [0, 0.05) is 17.0 Å². The normalized spacial score (nSPS) is 12.8. The summed E-state index contributed by atoms with van der Waals surface area (Å²) >= 11 is 1.64. The molecule has 0 amide bonds. The summed E-state index contributed by atoms with van der Waals surface area (Å²) in [6.07, 6.45) is 0. The van der Waals surface area contributed by atoms with Crippen LogP contribution in [0.15, 0.2) is 16.0 Å². The SMILES string of the molecule is Cc1ccsc1CN(C)[C@H](C(=O)O)c1c(C)noc1C. The van der Waals surface area contributed by atoms with Gasteiger partial charge in [0.1, 0.15) is 11.8 Å². The maximum absolute atomic E-state index is 11.6. The molecule has 0 radical (unpaired) electrons. The third-order valence-corrected chi connectivity index (χ3v) is 4.41. The first kappa shape index (κ1) is 14.7. The Morgan fingerprint density at radius 2 is 2.20 bits per heavy atom. The fourth-order valence-corrected chi connectivity index (χ4v) is 3.27. The zero-order valence-electron chi connectivity index (χ0n) is 12.0. The lowest BCUT2D eigenvalue weighted by molar-refractivity contribution is -0.143. The first-order valence-corrected chi connectivity index (χ1v) is 7.18. The lowest BCUT2D eigenvalue weighted by Gasteiger charge is -2.24. The Morgan fingerprint density at radius 1 is 1.50 bits per heavy atom. The summed E-state index contributed by atoms with van der Waals surface area (Å²) < 4.78 is 5.10. The monoisotopic (exact) mass is 294 g/mol. The van der Waals surface area contributed by atoms with Crippen LogP contribution in [0.25, 0.3) is 0 Å². The summed E-state index contributed by atoms with van der Waals surface area (Å²) in [7, 11) is 1.81. The number of likely N-dealkylation sites (N-methyl/N-ethyl adjacent to an activating group) is 1. The highest BCUT2D eigenvalue weighted by atomic mass is 32.1. The van der Waals surface area contributed by atoms with Crippen molar-refractivity contribution in [1.82, 2.24) is 10.1 Å². The van der Waals surface area contributed by atoms with E-state index in [0.717, 1.165) is 0 Å². The molecular formula is C14H18N2O3S. The van der Waals surface area contributed by atoms with Gasteiger partial charge in [0.25, 0.3) is 0 Å². The lowest BCUT2D eigenvalue weighted by Crippen LogP contribution is -2.31. The topological polar surface area (TPSA) is 66.6 Å². The largest absolute Gasteiger partial charge is 0.480 e. The molecule has 0 aliphatic carbocycles. The van der Waals surface area contributed by atoms with Crippen LogP contribution < -0.4 is 0 Å². The first-order chi connectivity index (χ1) is 9.41. The van der Waals surface area contributed by atoms with E-state index in [1.165, 1.54) is 10.4 Å². The smallest absolute Gasteiger partial charge is 0.325 e. The molecule has 0 aromatic carbocycles. The Hall–Kier alpha value is -1.66. The number of nitrogens with zero attached hydrogens (tertiary/aromatic N) is 2. The summed E-state index contributed by atoms with van der Waals surface area (Å²) in [4.78, 5) is 14.6. The number of thiophene rings is 1. The van der Waals surface area contributed by atoms with E-state index in [1.54, 1.807) is 25.2 Å². The van der Waals surface area contributed by atoms with Crippen molar-refractivity contribution in [3.8, 4) is 0 Å². The Balaban J connectivity index is 2.30. The molecule has 1 atom stereocenters. The summed E-state index contributed by atoms with van der Waals surface area (Å²) in [5, 5.41) is 15.4. The Morgan fingerprint density at radius 3 is 2.65 bits per heavy atom. The quantitative estimate of drug-likeness (QED) is 0.918. The van der Waals surface area contributed by atoms with Gasteiger partial charge in [-0.2, -0.15) is 0 Å². The summed E-state index contributed by atoms with van der Waals surface area (Å²) in [6.45, 7) is 6.14. The maximum atomic E-state index is 11.6. The Bertz CT molecular complexity index is 598. The number of carboxylic acid groups (broad SMARTS) is 1. The van der Waals surface area contributed by atoms with Crippen LogP contribution in [-0.2, 0) is 11.3 Å². The van der Waals surface area contributed by atoms with Gasteiger partial charge in [-0.15, -0.1) is 11.3 Å². The van der Waals surface area contributed by atoms with Crippen molar-refractivity contribution in [2.75, 3.05) is 7.05 Å². The molecule has 6 heteroatoms. The van der Waals surface area contributed by atoms with Crippen molar-refractivity contribution in [3.63, 3.8) is 0 Å². The van der Waals surface area contributed by atoms with Gasteiger partial charge in [-0.1, -0.05) is 5.16 Å². The highest BCUT2D eigenvalue weighted by Gasteiger charge is 2.31. The fourth-order valence-electron chi connectivity index (χ4n) is 2.30. The van der Waals surface area contributed by atoms with Gasteiger partial charge in [0.05, 0.1) is 5.69 Å². The van der Waals surface area contributed by atoms with Crippen molar-refractivity contribution in [3.05, 3.63) is 38.9 Å². The van der Waals surface area contributed by atoms with Crippen LogP contribution in [0.1, 0.15) is 33.5 Å². The summed E-state index contributed by atoms with van der Waals surface area (Å²) in [5.41, 5.74) is 2.46. The lowest BCUT2D eigenvalue weighted by atomic mass is 10.0. The number of carboxylic acids is 1. The predicted octanol–water partition coefficient (Wildman–Crippen LogP) is 2.92. The molecule has 0 spiro atoms. The number of hydrogen-bond acceptors (Lipinski definition) is 5. The molecule has 0 fully saturated rings. The second kappa shape index (κ2) is 5.76. The minimum absolute atomic E-state index is 0.560. The van der Waals surface area contributed by atoms with E-state index in [1.807, 2.05) is 30.3 Å². The molecule has 108 valence electrons. The first-order valence-electron chi connectivity index (χ1n) is 6.30. The molecule has 20 heavy (non-hydrogen) atoms. The van der Waals surface area contributed by atoms with E-state index in [0.29, 0.717) is 23.6 Å². The van der Waals surface area contributed by atoms with E-state index in [2.05, 4.69) is 5.16 Å². The van der Waals surface area contributed by atoms with Gasteiger partial charge in [-0.3, -0.25) is 9.69 Å². The van der Waals surface area contributed by atoms with Crippen LogP contribution in [0.4, 0.5) is 0 Å². The van der Waals surface area contributed by atoms with Gasteiger partial charge in [0.15, 0.2) is 0 Å². The number of aliphatic carboxylic acids is 1. The average Bonchev–Trinajstić information content (AvgIpc) is 2.90. The number of aromatic nitrogens is 1. The van der Waals surface area contributed by atoms with Gasteiger partial charge in [-0.05, 0) is 44.8 Å².